The van der Waals surface area contributed by atoms with Crippen LogP contribution in [0.25, 0.3) is 5.52 Å². The minimum absolute atomic E-state index is 0.470. The van der Waals surface area contributed by atoms with Crippen LogP contribution in [0.15, 0.2) is 29.0 Å². The van der Waals surface area contributed by atoms with Gasteiger partial charge < -0.3 is 4.74 Å². The molecular weight excluding hydrogens is 298 g/mol. The summed E-state index contributed by atoms with van der Waals surface area (Å²) >= 11 is 3.39. The number of hydrogen-bond donors (Lipinski definition) is 1. The Bertz CT molecular complexity index is 587. The van der Waals surface area contributed by atoms with Gasteiger partial charge in [0.2, 0.25) is 0 Å². The molecule has 18 heavy (non-hydrogen) atoms. The van der Waals surface area contributed by atoms with E-state index in [0.29, 0.717) is 5.69 Å². The Morgan fingerprint density at radius 3 is 2.89 bits per heavy atom. The van der Waals surface area contributed by atoms with E-state index in [1.807, 2.05) is 26.8 Å². The van der Waals surface area contributed by atoms with Crippen molar-refractivity contribution < 1.29 is 9.53 Å². The molecule has 1 N–H and O–H groups in total. The number of nitrogens with zero attached hydrogens (tertiary/aromatic N) is 2. The number of halogens is 1. The van der Waals surface area contributed by atoms with Gasteiger partial charge in [0.05, 0.1) is 16.2 Å². The molecule has 0 bridgehead atoms. The van der Waals surface area contributed by atoms with Gasteiger partial charge in [0.15, 0.2) is 0 Å². The van der Waals surface area contributed by atoms with Gasteiger partial charge in [-0.25, -0.2) is 9.31 Å². The van der Waals surface area contributed by atoms with Gasteiger partial charge in [-0.15, -0.1) is 0 Å². The van der Waals surface area contributed by atoms with Crippen molar-refractivity contribution in [1.29, 1.82) is 0 Å². The van der Waals surface area contributed by atoms with Crippen LogP contribution < -0.4 is 5.32 Å². The molecule has 1 amide bonds. The monoisotopic (exact) mass is 311 g/mol. The summed E-state index contributed by atoms with van der Waals surface area (Å²) in [5.74, 6) is 0. The van der Waals surface area contributed by atoms with Crippen molar-refractivity contribution in [1.82, 2.24) is 9.61 Å². The molecule has 0 saturated heterocycles. The van der Waals surface area contributed by atoms with E-state index in [0.717, 1.165) is 9.99 Å². The molecule has 0 aromatic carbocycles. The Morgan fingerprint density at radius 2 is 2.22 bits per heavy atom. The highest BCUT2D eigenvalue weighted by atomic mass is 79.9. The fraction of sp³-hybridized carbons (Fsp3) is 0.333. The number of nitrogens with one attached hydrogen (secondary N) is 1. The average molecular weight is 312 g/mol. The Balaban J connectivity index is 2.17. The van der Waals surface area contributed by atoms with Crippen LogP contribution in [-0.2, 0) is 4.74 Å². The van der Waals surface area contributed by atoms with E-state index in [1.165, 1.54) is 0 Å². The zero-order valence-corrected chi connectivity index (χ0v) is 12.0. The first-order valence-electron chi connectivity index (χ1n) is 5.48. The van der Waals surface area contributed by atoms with E-state index in [1.54, 1.807) is 23.0 Å². The van der Waals surface area contributed by atoms with Crippen LogP contribution in [0.4, 0.5) is 10.5 Å². The van der Waals surface area contributed by atoms with Crippen molar-refractivity contribution in [3.63, 3.8) is 0 Å². The summed E-state index contributed by atoms with van der Waals surface area (Å²) in [5, 5.41) is 6.81. The second kappa shape index (κ2) is 4.61. The lowest BCUT2D eigenvalue weighted by atomic mass is 10.2. The maximum Gasteiger partial charge on any atom is 0.412 e. The Kier molecular flexibility index (Phi) is 3.30. The molecule has 0 radical (unpaired) electrons. The number of ether oxygens (including phenoxy) is 1. The topological polar surface area (TPSA) is 55.6 Å². The standard InChI is InChI=1S/C12H14BrN3O2/c1-12(2,3)18-11(17)15-8-4-5-16-10(6-8)9(13)7-14-16/h4-7H,1-3H3,(H,15,17). The molecular formula is C12H14BrN3O2. The zero-order chi connectivity index (χ0) is 13.3. The van der Waals surface area contributed by atoms with Crippen molar-refractivity contribution in [3.05, 3.63) is 29.0 Å². The molecule has 0 unspecified atom stereocenters. The van der Waals surface area contributed by atoms with Crippen molar-refractivity contribution >= 4 is 33.2 Å². The predicted molar refractivity (Wildman–Crippen MR) is 72.7 cm³/mol. The number of amides is 1. The number of aromatic nitrogens is 2. The van der Waals surface area contributed by atoms with Gasteiger partial charge in [0, 0.05) is 11.9 Å². The van der Waals surface area contributed by atoms with Gasteiger partial charge >= 0.3 is 6.09 Å². The van der Waals surface area contributed by atoms with E-state index in [4.69, 9.17) is 4.74 Å². The highest BCUT2D eigenvalue weighted by Gasteiger charge is 2.16. The molecule has 0 aliphatic rings. The van der Waals surface area contributed by atoms with E-state index < -0.39 is 11.7 Å². The molecule has 2 aromatic rings. The smallest absolute Gasteiger partial charge is 0.412 e. The number of anilines is 1. The number of hydrogen-bond acceptors (Lipinski definition) is 3. The molecule has 0 aliphatic heterocycles. The van der Waals surface area contributed by atoms with Crippen LogP contribution >= 0.6 is 15.9 Å². The minimum atomic E-state index is -0.509. The fourth-order valence-corrected chi connectivity index (χ4v) is 1.84. The van der Waals surface area contributed by atoms with Crippen molar-refractivity contribution in [3.8, 4) is 0 Å². The van der Waals surface area contributed by atoms with E-state index in [-0.39, 0.29) is 0 Å². The van der Waals surface area contributed by atoms with Crippen LogP contribution in [0.5, 0.6) is 0 Å². The minimum Gasteiger partial charge on any atom is -0.444 e. The lowest BCUT2D eigenvalue weighted by Crippen LogP contribution is -2.27. The second-order valence-electron chi connectivity index (χ2n) is 4.86. The molecule has 2 rings (SSSR count). The number of carbonyl (C=O) groups excluding carboxylic acids is 1. The first-order valence-corrected chi connectivity index (χ1v) is 6.27. The molecule has 0 fully saturated rings. The molecule has 0 atom stereocenters. The third-order valence-corrected chi connectivity index (χ3v) is 2.73. The number of carbonyl (C=O) groups is 1. The highest BCUT2D eigenvalue weighted by Crippen LogP contribution is 2.21. The first kappa shape index (κ1) is 12.9. The normalized spacial score (nSPS) is 11.6. The SMILES string of the molecule is CC(C)(C)OC(=O)Nc1ccn2ncc(Br)c2c1. The van der Waals surface area contributed by atoms with E-state index >= 15 is 0 Å². The summed E-state index contributed by atoms with van der Waals surface area (Å²) in [6.07, 6.45) is 3.00. The van der Waals surface area contributed by atoms with Gasteiger partial charge in [-0.05, 0) is 48.8 Å². The lowest BCUT2D eigenvalue weighted by molar-refractivity contribution is 0.0636. The van der Waals surface area contributed by atoms with Gasteiger partial charge in [-0.1, -0.05) is 0 Å². The number of rotatable bonds is 1. The lowest BCUT2D eigenvalue weighted by Gasteiger charge is -2.19. The molecule has 96 valence electrons. The summed E-state index contributed by atoms with van der Waals surface area (Å²) < 4.78 is 7.76. The maximum atomic E-state index is 11.6. The summed E-state index contributed by atoms with van der Waals surface area (Å²) in [5.41, 5.74) is 1.03. The Hall–Kier alpha value is -1.56. The molecule has 2 aromatic heterocycles. The summed E-state index contributed by atoms with van der Waals surface area (Å²) in [7, 11) is 0. The molecule has 5 nitrogen and oxygen atoms in total. The molecule has 6 heteroatoms. The van der Waals surface area contributed by atoms with Crippen LogP contribution in [0.2, 0.25) is 0 Å². The third kappa shape index (κ3) is 3.01. The maximum absolute atomic E-state index is 11.6. The summed E-state index contributed by atoms with van der Waals surface area (Å²) in [6, 6.07) is 3.58. The van der Waals surface area contributed by atoms with Gasteiger partial charge in [-0.3, -0.25) is 5.32 Å². The summed E-state index contributed by atoms with van der Waals surface area (Å²) in [4.78, 5) is 11.6. The zero-order valence-electron chi connectivity index (χ0n) is 10.4. The van der Waals surface area contributed by atoms with Crippen molar-refractivity contribution in [2.75, 3.05) is 5.32 Å². The van der Waals surface area contributed by atoms with Crippen LogP contribution in [0, 0.1) is 0 Å². The molecule has 2 heterocycles. The van der Waals surface area contributed by atoms with Crippen LogP contribution in [0.3, 0.4) is 0 Å². The largest absolute Gasteiger partial charge is 0.444 e. The van der Waals surface area contributed by atoms with E-state index in [9.17, 15) is 4.79 Å². The van der Waals surface area contributed by atoms with E-state index in [2.05, 4.69) is 26.3 Å². The van der Waals surface area contributed by atoms with Gasteiger partial charge in [0.25, 0.3) is 0 Å². The Labute approximate surface area is 113 Å². The van der Waals surface area contributed by atoms with Crippen molar-refractivity contribution in [2.45, 2.75) is 26.4 Å². The number of fused-ring (bicyclic) bond motifs is 1. The molecule has 0 aliphatic carbocycles. The Morgan fingerprint density at radius 1 is 1.50 bits per heavy atom. The third-order valence-electron chi connectivity index (χ3n) is 2.12. The molecule has 0 spiro atoms. The van der Waals surface area contributed by atoms with Crippen molar-refractivity contribution in [2.24, 2.45) is 0 Å². The quantitative estimate of drug-likeness (QED) is 0.877. The molecule has 0 saturated carbocycles. The van der Waals surface area contributed by atoms with Crippen LogP contribution in [0.1, 0.15) is 20.8 Å². The van der Waals surface area contributed by atoms with Gasteiger partial charge in [-0.2, -0.15) is 5.10 Å². The first-order chi connectivity index (χ1) is 8.35. The second-order valence-corrected chi connectivity index (χ2v) is 5.72. The highest BCUT2D eigenvalue weighted by molar-refractivity contribution is 9.10. The average Bonchev–Trinajstić information content (AvgIpc) is 2.57. The fourth-order valence-electron chi connectivity index (χ4n) is 1.45. The van der Waals surface area contributed by atoms with Gasteiger partial charge in [0.1, 0.15) is 5.60 Å². The number of pyridine rings is 1. The summed E-state index contributed by atoms with van der Waals surface area (Å²) in [6.45, 7) is 5.47. The predicted octanol–water partition coefficient (Wildman–Crippen LogP) is 3.44. The van der Waals surface area contributed by atoms with Crippen LogP contribution in [-0.4, -0.2) is 21.3 Å².